The number of hydrogen-bond acceptors (Lipinski definition) is 10. The quantitative estimate of drug-likeness (QED) is 0.198. The molecule has 0 radical (unpaired) electrons. The summed E-state index contributed by atoms with van der Waals surface area (Å²) in [6.45, 7) is 4.47. The maximum Gasteiger partial charge on any atom is 0.253 e. The third-order valence-corrected chi connectivity index (χ3v) is 13.5. The molecular formula is C45H56F2N8O5. The van der Waals surface area contributed by atoms with E-state index >= 15 is 8.78 Å². The second kappa shape index (κ2) is 18.7. The number of nitrogens with two attached hydrogens (primary N) is 1. The minimum absolute atomic E-state index is 0.0130. The maximum atomic E-state index is 15.5. The van der Waals surface area contributed by atoms with Crippen molar-refractivity contribution in [3.63, 3.8) is 0 Å². The largest absolute Gasteiger partial charge is 0.374 e. The summed E-state index contributed by atoms with van der Waals surface area (Å²) in [5.74, 6) is -0.412. The number of ether oxygens (including phenoxy) is 1. The molecule has 4 amide bonds. The number of likely N-dealkylation sites (tertiary alicyclic amines) is 1. The molecule has 15 heteroatoms. The van der Waals surface area contributed by atoms with Crippen molar-refractivity contribution in [1.29, 1.82) is 0 Å². The van der Waals surface area contributed by atoms with Crippen molar-refractivity contribution in [2.45, 2.75) is 95.1 Å². The van der Waals surface area contributed by atoms with Gasteiger partial charge in [-0.1, -0.05) is 18.2 Å². The molecule has 8 rings (SSSR count). The fourth-order valence-electron chi connectivity index (χ4n) is 10.0. The Morgan fingerprint density at radius 1 is 0.900 bits per heavy atom. The van der Waals surface area contributed by atoms with Gasteiger partial charge in [-0.2, -0.15) is 0 Å². The standard InChI is InChI=1S/C45H56F2N8O5/c46-37-23-33(50-39-14-15-40(56)51-44(39)59)10-13-36(37)30-16-18-53(19-17-30)25-28-4-6-29(7-5-28)26-55(34-11-8-31(9-12-34)43(48)58)45-49-24-38(47)42(52-45)32-2-1-3-35(22-32)54-20-21-60-27-41(54)57/h1-3,10,13,22-24,28-31,34,39,50H,4-9,11-12,14-21,25-27H2,(H2,48,58)(H,51,56,59). The Balaban J connectivity index is 0.873. The van der Waals surface area contributed by atoms with E-state index in [0.717, 1.165) is 77.5 Å². The monoisotopic (exact) mass is 826 g/mol. The summed E-state index contributed by atoms with van der Waals surface area (Å²) in [6.07, 6.45) is 10.9. The van der Waals surface area contributed by atoms with Gasteiger partial charge in [0.15, 0.2) is 5.82 Å². The van der Waals surface area contributed by atoms with Gasteiger partial charge in [-0.05, 0) is 131 Å². The minimum atomic E-state index is -0.553. The lowest BCUT2D eigenvalue weighted by Crippen LogP contribution is -2.47. The van der Waals surface area contributed by atoms with Crippen LogP contribution in [-0.2, 0) is 23.9 Å². The summed E-state index contributed by atoms with van der Waals surface area (Å²) in [5, 5.41) is 5.41. The molecule has 4 heterocycles. The van der Waals surface area contributed by atoms with Gasteiger partial charge in [0.1, 0.15) is 24.2 Å². The Kier molecular flexibility index (Phi) is 13.0. The van der Waals surface area contributed by atoms with Gasteiger partial charge in [0.05, 0.1) is 12.8 Å². The van der Waals surface area contributed by atoms with Crippen LogP contribution >= 0.6 is 0 Å². The molecule has 320 valence electrons. The first-order valence-electron chi connectivity index (χ1n) is 21.8. The maximum absolute atomic E-state index is 15.5. The smallest absolute Gasteiger partial charge is 0.253 e. The van der Waals surface area contributed by atoms with E-state index in [0.29, 0.717) is 72.7 Å². The summed E-state index contributed by atoms with van der Waals surface area (Å²) < 4.78 is 36.2. The average Bonchev–Trinajstić information content (AvgIpc) is 3.25. The van der Waals surface area contributed by atoms with Crippen LogP contribution in [0, 0.1) is 29.4 Å². The van der Waals surface area contributed by atoms with E-state index in [9.17, 15) is 19.2 Å². The van der Waals surface area contributed by atoms with Crippen LogP contribution in [0.15, 0.2) is 48.7 Å². The molecule has 3 aromatic rings. The molecule has 0 bridgehead atoms. The fraction of sp³-hybridized carbons (Fsp3) is 0.556. The lowest BCUT2D eigenvalue weighted by atomic mass is 9.80. The number of primary amides is 1. The lowest BCUT2D eigenvalue weighted by Gasteiger charge is -2.40. The Morgan fingerprint density at radius 2 is 1.67 bits per heavy atom. The van der Waals surface area contributed by atoms with Crippen LogP contribution in [0.3, 0.4) is 0 Å². The molecule has 1 unspecified atom stereocenters. The number of nitrogens with zero attached hydrogens (tertiary/aromatic N) is 5. The summed E-state index contributed by atoms with van der Waals surface area (Å²) in [6, 6.07) is 11.9. The third-order valence-electron chi connectivity index (χ3n) is 13.5. The van der Waals surface area contributed by atoms with Gasteiger partial charge in [0.2, 0.25) is 23.7 Å². The van der Waals surface area contributed by atoms with Crippen molar-refractivity contribution >= 4 is 41.0 Å². The van der Waals surface area contributed by atoms with Crippen molar-refractivity contribution in [3.8, 4) is 11.3 Å². The lowest BCUT2D eigenvalue weighted by molar-refractivity contribution is -0.133. The highest BCUT2D eigenvalue weighted by molar-refractivity contribution is 6.01. The van der Waals surface area contributed by atoms with Crippen molar-refractivity contribution in [3.05, 3.63) is 65.9 Å². The van der Waals surface area contributed by atoms with Gasteiger partial charge in [0.25, 0.3) is 5.91 Å². The second-order valence-corrected chi connectivity index (χ2v) is 17.4. The molecule has 3 aliphatic heterocycles. The highest BCUT2D eigenvalue weighted by Gasteiger charge is 2.34. The van der Waals surface area contributed by atoms with Gasteiger partial charge < -0.3 is 30.5 Å². The van der Waals surface area contributed by atoms with E-state index in [2.05, 4.69) is 25.4 Å². The minimum Gasteiger partial charge on any atom is -0.374 e. The number of hydrogen-bond donors (Lipinski definition) is 3. The zero-order valence-corrected chi connectivity index (χ0v) is 34.1. The Labute approximate surface area is 349 Å². The number of rotatable bonds is 12. The van der Waals surface area contributed by atoms with Gasteiger partial charge in [0, 0.05) is 55.0 Å². The molecule has 60 heavy (non-hydrogen) atoms. The van der Waals surface area contributed by atoms with Crippen LogP contribution in [0.2, 0.25) is 0 Å². The summed E-state index contributed by atoms with van der Waals surface area (Å²) in [7, 11) is 0. The number of amides is 4. The predicted octanol–water partition coefficient (Wildman–Crippen LogP) is 5.54. The topological polar surface area (TPSA) is 163 Å². The number of imide groups is 1. The van der Waals surface area contributed by atoms with Gasteiger partial charge in [-0.3, -0.25) is 24.5 Å². The van der Waals surface area contributed by atoms with Gasteiger partial charge in [-0.15, -0.1) is 0 Å². The molecule has 1 aromatic heterocycles. The van der Waals surface area contributed by atoms with Crippen molar-refractivity contribution in [2.24, 2.45) is 23.5 Å². The van der Waals surface area contributed by atoms with Crippen LogP contribution in [0.1, 0.15) is 88.5 Å². The molecule has 1 atom stereocenters. The first-order chi connectivity index (χ1) is 29.1. The first kappa shape index (κ1) is 41.7. The van der Waals surface area contributed by atoms with Gasteiger partial charge >= 0.3 is 0 Å². The first-order valence-corrected chi connectivity index (χ1v) is 21.8. The van der Waals surface area contributed by atoms with E-state index in [4.69, 9.17) is 15.5 Å². The van der Waals surface area contributed by atoms with E-state index in [1.165, 1.54) is 12.3 Å². The average molecular weight is 827 g/mol. The van der Waals surface area contributed by atoms with Crippen LogP contribution in [0.4, 0.5) is 26.1 Å². The van der Waals surface area contributed by atoms with E-state index < -0.39 is 11.9 Å². The summed E-state index contributed by atoms with van der Waals surface area (Å²) >= 11 is 0. The number of morpholine rings is 1. The highest BCUT2D eigenvalue weighted by atomic mass is 19.1. The zero-order valence-electron chi connectivity index (χ0n) is 34.1. The van der Waals surface area contributed by atoms with E-state index in [1.807, 2.05) is 24.3 Å². The number of piperidine rings is 2. The number of nitrogens with one attached hydrogen (secondary N) is 2. The normalized spacial score (nSPS) is 25.8. The third kappa shape index (κ3) is 9.78. The number of benzene rings is 2. The van der Waals surface area contributed by atoms with Crippen molar-refractivity contribution in [1.82, 2.24) is 20.2 Å². The summed E-state index contributed by atoms with van der Waals surface area (Å²) in [5.41, 5.74) is 8.37. The zero-order chi connectivity index (χ0) is 41.8. The van der Waals surface area contributed by atoms with E-state index in [1.54, 1.807) is 17.0 Å². The molecule has 5 aliphatic rings. The summed E-state index contributed by atoms with van der Waals surface area (Å²) in [4.78, 5) is 64.1. The predicted molar refractivity (Wildman–Crippen MR) is 223 cm³/mol. The number of carbonyl (C=O) groups excluding carboxylic acids is 4. The molecule has 3 saturated heterocycles. The molecule has 0 spiro atoms. The second-order valence-electron chi connectivity index (χ2n) is 17.4. The number of aromatic nitrogens is 2. The van der Waals surface area contributed by atoms with Crippen LogP contribution in [0.5, 0.6) is 0 Å². The van der Waals surface area contributed by atoms with E-state index in [-0.39, 0.29) is 66.0 Å². The van der Waals surface area contributed by atoms with Crippen molar-refractivity contribution in [2.75, 3.05) is 61.1 Å². The highest BCUT2D eigenvalue weighted by Crippen LogP contribution is 2.37. The molecule has 2 saturated carbocycles. The Morgan fingerprint density at radius 3 is 2.38 bits per heavy atom. The van der Waals surface area contributed by atoms with Crippen molar-refractivity contribution < 1.29 is 32.7 Å². The molecule has 13 nitrogen and oxygen atoms in total. The van der Waals surface area contributed by atoms with Crippen LogP contribution in [-0.4, -0.2) is 96.5 Å². The Hall–Kier alpha value is -5.02. The molecule has 2 aliphatic carbocycles. The number of carbonyl (C=O) groups is 4. The molecule has 4 N–H and O–H groups in total. The van der Waals surface area contributed by atoms with Gasteiger partial charge in [-0.25, -0.2) is 18.7 Å². The van der Waals surface area contributed by atoms with Crippen LogP contribution < -0.4 is 26.2 Å². The fourth-order valence-corrected chi connectivity index (χ4v) is 10.0. The number of anilines is 3. The SMILES string of the molecule is NC(=O)C1CCC(N(CC2CCC(CN3CCC(c4ccc(NC5CCC(=O)NC5=O)cc4F)CC3)CC2)c2ncc(F)c(-c3cccc(N4CCOCC4=O)c3)n2)CC1. The molecular weight excluding hydrogens is 771 g/mol. The molecule has 5 fully saturated rings. The molecule has 2 aromatic carbocycles. The number of halogens is 2. The van der Waals surface area contributed by atoms with Crippen LogP contribution in [0.25, 0.3) is 11.3 Å². The Bertz CT molecular complexity index is 2050.